The number of rotatable bonds is 9. The van der Waals surface area contributed by atoms with Crippen molar-refractivity contribution in [1.29, 1.82) is 0 Å². The molecule has 0 spiro atoms. The van der Waals surface area contributed by atoms with Crippen LogP contribution in [0.15, 0.2) is 17.2 Å². The van der Waals surface area contributed by atoms with Gasteiger partial charge in [0.2, 0.25) is 5.75 Å². The number of esters is 1. The molecule has 2 rings (SSSR count). The Kier molecular flexibility index (Phi) is 7.32. The summed E-state index contributed by atoms with van der Waals surface area (Å²) in [7, 11) is 4.70. The number of carbonyl (C=O) groups excluding carboxylic acids is 1. The first-order valence-corrected chi connectivity index (χ1v) is 9.31. The highest BCUT2D eigenvalue weighted by Gasteiger charge is 2.18. The van der Waals surface area contributed by atoms with E-state index in [9.17, 15) is 4.79 Å². The van der Waals surface area contributed by atoms with E-state index < -0.39 is 0 Å². The van der Waals surface area contributed by atoms with Gasteiger partial charge in [-0.3, -0.25) is 4.79 Å². The summed E-state index contributed by atoms with van der Waals surface area (Å²) in [6.07, 6.45) is 0.324. The summed E-state index contributed by atoms with van der Waals surface area (Å²) < 4.78 is 25.1. The molecule has 0 saturated carbocycles. The lowest BCUT2D eigenvalue weighted by Crippen LogP contribution is -2.04. The highest BCUT2D eigenvalue weighted by atomic mass is 32.2. The van der Waals surface area contributed by atoms with Crippen LogP contribution >= 0.6 is 23.3 Å². The number of nitrogens with zero attached hydrogens (tertiary/aromatic N) is 2. The van der Waals surface area contributed by atoms with Gasteiger partial charge in [-0.2, -0.15) is 0 Å². The van der Waals surface area contributed by atoms with E-state index in [4.69, 9.17) is 18.9 Å². The molecule has 0 aliphatic heterocycles. The Morgan fingerprint density at radius 1 is 1.16 bits per heavy atom. The molecular weight excluding hydrogens is 364 g/mol. The third-order valence-corrected chi connectivity index (χ3v) is 5.11. The molecule has 0 N–H and O–H groups in total. The standard InChI is InChI=1S/C16H20N2O5S2/c1-5-23-13(19)6-7-24-16-15(25-18-17-16)10-8-11(20-2)14(22-4)12(9-10)21-3/h8-9H,5-7H2,1-4H3. The largest absolute Gasteiger partial charge is 0.493 e. The minimum Gasteiger partial charge on any atom is -0.493 e. The summed E-state index contributed by atoms with van der Waals surface area (Å²) in [6, 6.07) is 3.71. The van der Waals surface area contributed by atoms with Crippen LogP contribution in [0.4, 0.5) is 0 Å². The van der Waals surface area contributed by atoms with Crippen LogP contribution in [0.3, 0.4) is 0 Å². The minimum atomic E-state index is -0.215. The Labute approximate surface area is 154 Å². The second kappa shape index (κ2) is 9.47. The zero-order valence-electron chi connectivity index (χ0n) is 14.5. The molecule has 0 saturated heterocycles. The van der Waals surface area contributed by atoms with Gasteiger partial charge in [-0.05, 0) is 30.6 Å². The minimum absolute atomic E-state index is 0.215. The van der Waals surface area contributed by atoms with E-state index in [1.54, 1.807) is 28.3 Å². The molecule has 0 aliphatic rings. The monoisotopic (exact) mass is 384 g/mol. The normalized spacial score (nSPS) is 10.4. The van der Waals surface area contributed by atoms with Crippen molar-refractivity contribution in [2.45, 2.75) is 18.4 Å². The first-order chi connectivity index (χ1) is 12.1. The van der Waals surface area contributed by atoms with Crippen LogP contribution in [0.1, 0.15) is 13.3 Å². The Morgan fingerprint density at radius 2 is 1.84 bits per heavy atom. The van der Waals surface area contributed by atoms with E-state index in [2.05, 4.69) is 9.59 Å². The molecule has 25 heavy (non-hydrogen) atoms. The number of benzene rings is 1. The Balaban J connectivity index is 2.22. The summed E-state index contributed by atoms with van der Waals surface area (Å²) in [4.78, 5) is 12.3. The lowest BCUT2D eigenvalue weighted by molar-refractivity contribution is -0.142. The Hall–Kier alpha value is -2.00. The van der Waals surface area contributed by atoms with Gasteiger partial charge in [0.15, 0.2) is 11.5 Å². The van der Waals surface area contributed by atoms with Crippen molar-refractivity contribution in [1.82, 2.24) is 9.59 Å². The summed E-state index contributed by atoms with van der Waals surface area (Å²) in [5, 5.41) is 4.91. The molecule has 2 aromatic rings. The lowest BCUT2D eigenvalue weighted by atomic mass is 10.1. The van der Waals surface area contributed by atoms with Crippen LogP contribution < -0.4 is 14.2 Å². The molecule has 0 radical (unpaired) electrons. The molecule has 0 atom stereocenters. The van der Waals surface area contributed by atoms with Gasteiger partial charge in [-0.1, -0.05) is 4.49 Å². The number of hydrogen-bond acceptors (Lipinski definition) is 9. The fourth-order valence-corrected chi connectivity index (χ4v) is 3.83. The third kappa shape index (κ3) is 4.76. The topological polar surface area (TPSA) is 79.8 Å². The molecule has 9 heteroatoms. The van der Waals surface area contributed by atoms with Crippen molar-refractivity contribution in [3.63, 3.8) is 0 Å². The van der Waals surface area contributed by atoms with Gasteiger partial charge in [-0.15, -0.1) is 16.9 Å². The fraction of sp³-hybridized carbons (Fsp3) is 0.438. The predicted molar refractivity (Wildman–Crippen MR) is 97.0 cm³/mol. The maximum Gasteiger partial charge on any atom is 0.306 e. The summed E-state index contributed by atoms with van der Waals surface area (Å²) in [5.41, 5.74) is 0.864. The van der Waals surface area contributed by atoms with Crippen molar-refractivity contribution >= 4 is 29.3 Å². The average Bonchev–Trinajstić information content (AvgIpc) is 3.09. The van der Waals surface area contributed by atoms with Gasteiger partial charge < -0.3 is 18.9 Å². The van der Waals surface area contributed by atoms with Crippen LogP contribution in [-0.2, 0) is 9.53 Å². The second-order valence-corrected chi connectivity index (χ2v) is 6.56. The number of hydrogen-bond donors (Lipinski definition) is 0. The lowest BCUT2D eigenvalue weighted by Gasteiger charge is -2.13. The number of ether oxygens (including phenoxy) is 4. The third-order valence-electron chi connectivity index (χ3n) is 3.24. The van der Waals surface area contributed by atoms with Crippen LogP contribution in [0, 0.1) is 0 Å². The summed E-state index contributed by atoms with van der Waals surface area (Å²) in [6.45, 7) is 2.18. The van der Waals surface area contributed by atoms with Gasteiger partial charge in [0.1, 0.15) is 5.03 Å². The van der Waals surface area contributed by atoms with E-state index in [-0.39, 0.29) is 5.97 Å². The zero-order chi connectivity index (χ0) is 18.2. The number of thioether (sulfide) groups is 1. The molecule has 7 nitrogen and oxygen atoms in total. The van der Waals surface area contributed by atoms with E-state index in [1.807, 2.05) is 12.1 Å². The maximum absolute atomic E-state index is 11.4. The first-order valence-electron chi connectivity index (χ1n) is 7.55. The van der Waals surface area contributed by atoms with Gasteiger partial charge in [-0.25, -0.2) is 0 Å². The van der Waals surface area contributed by atoms with Gasteiger partial charge >= 0.3 is 5.97 Å². The first kappa shape index (κ1) is 19.3. The van der Waals surface area contributed by atoms with Crippen molar-refractivity contribution in [2.75, 3.05) is 33.7 Å². The SMILES string of the molecule is CCOC(=O)CCSc1nnsc1-c1cc(OC)c(OC)c(OC)c1. The van der Waals surface area contributed by atoms with Crippen molar-refractivity contribution < 1.29 is 23.7 Å². The van der Waals surface area contributed by atoms with E-state index >= 15 is 0 Å². The second-order valence-electron chi connectivity index (χ2n) is 4.72. The Bertz CT molecular complexity index is 695. The van der Waals surface area contributed by atoms with E-state index in [1.165, 1.54) is 23.3 Å². The molecule has 0 fully saturated rings. The molecule has 136 valence electrons. The van der Waals surface area contributed by atoms with Crippen LogP contribution in [0.2, 0.25) is 0 Å². The smallest absolute Gasteiger partial charge is 0.306 e. The van der Waals surface area contributed by atoms with Gasteiger partial charge in [0, 0.05) is 11.3 Å². The molecule has 0 aliphatic carbocycles. The summed E-state index contributed by atoms with van der Waals surface area (Å²) in [5.74, 6) is 2.01. The zero-order valence-corrected chi connectivity index (χ0v) is 16.2. The summed E-state index contributed by atoms with van der Waals surface area (Å²) >= 11 is 2.74. The molecule has 1 aromatic carbocycles. The highest BCUT2D eigenvalue weighted by Crippen LogP contribution is 2.43. The number of methoxy groups -OCH3 is 3. The van der Waals surface area contributed by atoms with E-state index in [0.29, 0.717) is 36.0 Å². The highest BCUT2D eigenvalue weighted by molar-refractivity contribution is 7.99. The van der Waals surface area contributed by atoms with E-state index in [0.717, 1.165) is 15.5 Å². The molecule has 1 heterocycles. The van der Waals surface area contributed by atoms with Crippen molar-refractivity contribution in [2.24, 2.45) is 0 Å². The van der Waals surface area contributed by atoms with Crippen LogP contribution in [0.5, 0.6) is 17.2 Å². The predicted octanol–water partition coefficient (Wildman–Crippen LogP) is 3.28. The van der Waals surface area contributed by atoms with Crippen molar-refractivity contribution in [3.8, 4) is 27.7 Å². The molecule has 1 aromatic heterocycles. The van der Waals surface area contributed by atoms with Gasteiger partial charge in [0.25, 0.3) is 0 Å². The number of carbonyl (C=O) groups is 1. The van der Waals surface area contributed by atoms with Crippen LogP contribution in [0.25, 0.3) is 10.4 Å². The van der Waals surface area contributed by atoms with Gasteiger partial charge in [0.05, 0.1) is 39.2 Å². The average molecular weight is 384 g/mol. The molecule has 0 unspecified atom stereocenters. The fourth-order valence-electron chi connectivity index (χ4n) is 2.13. The van der Waals surface area contributed by atoms with Crippen molar-refractivity contribution in [3.05, 3.63) is 12.1 Å². The van der Waals surface area contributed by atoms with Crippen LogP contribution in [-0.4, -0.2) is 49.2 Å². The number of aromatic nitrogens is 2. The molecule has 0 amide bonds. The molecular formula is C16H20N2O5S2. The molecule has 0 bridgehead atoms. The Morgan fingerprint density at radius 3 is 2.40 bits per heavy atom. The maximum atomic E-state index is 11.4. The quantitative estimate of drug-likeness (QED) is 0.481.